The van der Waals surface area contributed by atoms with Gasteiger partial charge in [0.25, 0.3) is 5.56 Å². The number of hydrogen-bond donors (Lipinski definition) is 0. The van der Waals surface area contributed by atoms with Crippen molar-refractivity contribution in [2.45, 2.75) is 43.0 Å². The van der Waals surface area contributed by atoms with Crippen LogP contribution in [0.15, 0.2) is 28.3 Å². The molecule has 1 atom stereocenters. The third kappa shape index (κ3) is 3.27. The van der Waals surface area contributed by atoms with E-state index in [0.29, 0.717) is 36.7 Å². The van der Waals surface area contributed by atoms with Crippen LogP contribution in [0.2, 0.25) is 0 Å². The van der Waals surface area contributed by atoms with Crippen LogP contribution in [0.5, 0.6) is 5.88 Å². The highest BCUT2D eigenvalue weighted by Crippen LogP contribution is 2.34. The molecule has 1 saturated heterocycles. The average Bonchev–Trinajstić information content (AvgIpc) is 3.32. The van der Waals surface area contributed by atoms with Crippen molar-refractivity contribution in [1.29, 1.82) is 5.26 Å². The molecular formula is C20H19N5O3S. The molecule has 8 nitrogen and oxygen atoms in total. The molecule has 0 aromatic carbocycles. The zero-order valence-corrected chi connectivity index (χ0v) is 16.5. The van der Waals surface area contributed by atoms with Crippen LogP contribution in [-0.2, 0) is 17.6 Å². The fourth-order valence-electron chi connectivity index (χ4n) is 4.06. The number of likely N-dealkylation sites (tertiary alicyclic amines) is 1. The smallest absolute Gasteiger partial charge is 0.257 e. The topological polar surface area (TPSA) is 101 Å². The molecule has 0 bridgehead atoms. The molecule has 1 unspecified atom stereocenters. The Labute approximate surface area is 171 Å². The Hall–Kier alpha value is -2.86. The van der Waals surface area contributed by atoms with E-state index in [2.05, 4.69) is 16.0 Å². The molecule has 1 fully saturated rings. The normalized spacial score (nSPS) is 20.0. The van der Waals surface area contributed by atoms with Crippen molar-refractivity contribution in [1.82, 2.24) is 19.4 Å². The Balaban J connectivity index is 1.20. The Morgan fingerprint density at radius 3 is 3.07 bits per heavy atom. The quantitative estimate of drug-likeness (QED) is 0.702. The van der Waals surface area contributed by atoms with Crippen molar-refractivity contribution in [3.63, 3.8) is 0 Å². The van der Waals surface area contributed by atoms with Gasteiger partial charge in [0.1, 0.15) is 6.10 Å². The average molecular weight is 409 g/mol. The SMILES string of the molecule is N#Cc1ccnc(OC2CN(C(=O)CC3CSc4nc5c(c(=O)n43)CCC5)C2)c1. The van der Waals surface area contributed by atoms with Gasteiger partial charge in [-0.15, -0.1) is 0 Å². The molecule has 0 spiro atoms. The molecule has 3 aliphatic rings. The minimum Gasteiger partial charge on any atom is -0.471 e. The Kier molecular flexibility index (Phi) is 4.51. The fourth-order valence-corrected chi connectivity index (χ4v) is 5.22. The van der Waals surface area contributed by atoms with E-state index in [1.807, 2.05) is 0 Å². The van der Waals surface area contributed by atoms with Crippen molar-refractivity contribution in [3.05, 3.63) is 45.5 Å². The lowest BCUT2D eigenvalue weighted by atomic mass is 10.1. The van der Waals surface area contributed by atoms with Crippen LogP contribution in [0, 0.1) is 11.3 Å². The maximum absolute atomic E-state index is 12.8. The van der Waals surface area contributed by atoms with E-state index in [4.69, 9.17) is 10.00 Å². The first-order chi connectivity index (χ1) is 14.1. The van der Waals surface area contributed by atoms with Gasteiger partial charge < -0.3 is 9.64 Å². The number of thioether (sulfide) groups is 1. The van der Waals surface area contributed by atoms with E-state index in [0.717, 1.165) is 35.7 Å². The molecular weight excluding hydrogens is 390 g/mol. The number of aromatic nitrogens is 3. The number of rotatable bonds is 4. The lowest BCUT2D eigenvalue weighted by Gasteiger charge is -2.39. The number of ether oxygens (including phenoxy) is 1. The van der Waals surface area contributed by atoms with Gasteiger partial charge in [-0.05, 0) is 25.3 Å². The first kappa shape index (κ1) is 18.2. The molecule has 1 aliphatic carbocycles. The van der Waals surface area contributed by atoms with Gasteiger partial charge in [-0.25, -0.2) is 9.97 Å². The second-order valence-corrected chi connectivity index (χ2v) is 8.54. The first-order valence-corrected chi connectivity index (χ1v) is 10.7. The Morgan fingerprint density at radius 2 is 2.24 bits per heavy atom. The number of carbonyl (C=O) groups is 1. The molecule has 29 heavy (non-hydrogen) atoms. The molecule has 0 N–H and O–H groups in total. The predicted octanol–water partition coefficient (Wildman–Crippen LogP) is 1.33. The zero-order valence-electron chi connectivity index (χ0n) is 15.7. The summed E-state index contributed by atoms with van der Waals surface area (Å²) in [4.78, 5) is 36.0. The lowest BCUT2D eigenvalue weighted by Crippen LogP contribution is -2.56. The maximum atomic E-state index is 12.8. The van der Waals surface area contributed by atoms with Crippen LogP contribution in [0.1, 0.15) is 35.7 Å². The third-order valence-electron chi connectivity index (χ3n) is 5.63. The Morgan fingerprint density at radius 1 is 1.38 bits per heavy atom. The van der Waals surface area contributed by atoms with E-state index in [1.165, 1.54) is 6.20 Å². The number of hydrogen-bond acceptors (Lipinski definition) is 7. The molecule has 2 aromatic heterocycles. The van der Waals surface area contributed by atoms with Gasteiger partial charge in [0.2, 0.25) is 11.8 Å². The van der Waals surface area contributed by atoms with Gasteiger partial charge in [-0.2, -0.15) is 5.26 Å². The number of aryl methyl sites for hydroxylation is 1. The summed E-state index contributed by atoms with van der Waals surface area (Å²) >= 11 is 1.56. The van der Waals surface area contributed by atoms with E-state index < -0.39 is 0 Å². The van der Waals surface area contributed by atoms with Gasteiger partial charge >= 0.3 is 0 Å². The summed E-state index contributed by atoms with van der Waals surface area (Å²) in [6, 6.07) is 5.13. The van der Waals surface area contributed by atoms with E-state index in [-0.39, 0.29) is 23.6 Å². The molecule has 0 radical (unpaired) electrons. The van der Waals surface area contributed by atoms with E-state index in [1.54, 1.807) is 33.4 Å². The molecule has 9 heteroatoms. The maximum Gasteiger partial charge on any atom is 0.257 e. The van der Waals surface area contributed by atoms with Crippen molar-refractivity contribution in [3.8, 4) is 11.9 Å². The molecule has 148 valence electrons. The summed E-state index contributed by atoms with van der Waals surface area (Å²) in [7, 11) is 0. The van der Waals surface area contributed by atoms with Crippen molar-refractivity contribution in [2.75, 3.05) is 18.8 Å². The fraction of sp³-hybridized carbons (Fsp3) is 0.450. The number of carbonyl (C=O) groups excluding carboxylic acids is 1. The minimum absolute atomic E-state index is 0.0226. The standard InChI is InChI=1S/C20H19N5O3S/c21-8-12-4-5-22-17(6-12)28-14-9-24(10-14)18(26)7-13-11-29-20-23-16-3-1-2-15(16)19(27)25(13)20/h4-6,13-14H,1-3,7,9-11H2. The summed E-state index contributed by atoms with van der Waals surface area (Å²) in [5.74, 6) is 1.12. The van der Waals surface area contributed by atoms with Crippen LogP contribution in [0.3, 0.4) is 0 Å². The number of nitrogens with zero attached hydrogens (tertiary/aromatic N) is 5. The largest absolute Gasteiger partial charge is 0.471 e. The number of fused-ring (bicyclic) bond motifs is 2. The highest BCUT2D eigenvalue weighted by atomic mass is 32.2. The van der Waals surface area contributed by atoms with Gasteiger partial charge in [-0.3, -0.25) is 14.2 Å². The molecule has 0 saturated carbocycles. The second kappa shape index (κ2) is 7.19. The van der Waals surface area contributed by atoms with Gasteiger partial charge in [0.05, 0.1) is 36.5 Å². The molecule has 5 rings (SSSR count). The number of pyridine rings is 1. The first-order valence-electron chi connectivity index (χ1n) is 9.70. The van der Waals surface area contributed by atoms with Crippen molar-refractivity contribution >= 4 is 17.7 Å². The molecule has 4 heterocycles. The number of nitriles is 1. The lowest BCUT2D eigenvalue weighted by molar-refractivity contribution is -0.140. The second-order valence-electron chi connectivity index (χ2n) is 7.55. The summed E-state index contributed by atoms with van der Waals surface area (Å²) < 4.78 is 7.48. The monoisotopic (exact) mass is 409 g/mol. The van der Waals surface area contributed by atoms with Gasteiger partial charge in [0.15, 0.2) is 5.16 Å². The van der Waals surface area contributed by atoms with Crippen LogP contribution >= 0.6 is 11.8 Å². The van der Waals surface area contributed by atoms with Crippen LogP contribution in [0.25, 0.3) is 0 Å². The summed E-state index contributed by atoms with van der Waals surface area (Å²) in [5.41, 5.74) is 2.31. The van der Waals surface area contributed by atoms with E-state index >= 15 is 0 Å². The van der Waals surface area contributed by atoms with Gasteiger partial charge in [-0.1, -0.05) is 11.8 Å². The third-order valence-corrected chi connectivity index (χ3v) is 6.73. The van der Waals surface area contributed by atoms with Crippen molar-refractivity contribution in [2.24, 2.45) is 0 Å². The van der Waals surface area contributed by atoms with E-state index in [9.17, 15) is 9.59 Å². The van der Waals surface area contributed by atoms with Crippen LogP contribution in [-0.4, -0.2) is 50.3 Å². The molecule has 2 aromatic rings. The van der Waals surface area contributed by atoms with Crippen LogP contribution < -0.4 is 10.3 Å². The summed E-state index contributed by atoms with van der Waals surface area (Å²) in [6.45, 7) is 0.975. The summed E-state index contributed by atoms with van der Waals surface area (Å²) in [5, 5.41) is 9.69. The molecule has 2 aliphatic heterocycles. The highest BCUT2D eigenvalue weighted by Gasteiger charge is 2.36. The van der Waals surface area contributed by atoms with Crippen LogP contribution in [0.4, 0.5) is 0 Å². The van der Waals surface area contributed by atoms with Gasteiger partial charge in [0, 0.05) is 30.0 Å². The predicted molar refractivity (Wildman–Crippen MR) is 105 cm³/mol. The Bertz CT molecular complexity index is 1090. The number of amides is 1. The molecule has 1 amide bonds. The zero-order chi connectivity index (χ0) is 20.0. The minimum atomic E-state index is -0.137. The summed E-state index contributed by atoms with van der Waals surface area (Å²) in [6.07, 6.45) is 4.36. The highest BCUT2D eigenvalue weighted by molar-refractivity contribution is 7.99. The van der Waals surface area contributed by atoms with Crippen molar-refractivity contribution < 1.29 is 9.53 Å².